The fourth-order valence-corrected chi connectivity index (χ4v) is 10.4. The van der Waals surface area contributed by atoms with Crippen molar-refractivity contribution < 1.29 is 8.83 Å². The summed E-state index contributed by atoms with van der Waals surface area (Å²) in [5, 5.41) is 6.75. The number of anilines is 3. The normalized spacial score (nSPS) is 13.2. The first kappa shape index (κ1) is 34.1. The van der Waals surface area contributed by atoms with Crippen LogP contribution in [0.15, 0.2) is 203 Å². The third-order valence-electron chi connectivity index (χ3n) is 13.2. The van der Waals surface area contributed by atoms with Gasteiger partial charge in [0.05, 0.1) is 11.0 Å². The molecule has 0 saturated heterocycles. The maximum absolute atomic E-state index is 6.75. The monoisotopic (exact) mass is 782 g/mol. The van der Waals surface area contributed by atoms with E-state index >= 15 is 0 Å². The van der Waals surface area contributed by atoms with Crippen molar-refractivity contribution in [3.05, 3.63) is 205 Å². The highest BCUT2D eigenvalue weighted by atomic mass is 16.3. The largest absolute Gasteiger partial charge is 0.456 e. The van der Waals surface area contributed by atoms with E-state index in [1.54, 1.807) is 0 Å². The Labute approximate surface area is 352 Å². The first-order chi connectivity index (χ1) is 30.0. The van der Waals surface area contributed by atoms with Crippen LogP contribution >= 0.6 is 0 Å². The molecule has 1 aliphatic carbocycles. The Morgan fingerprint density at radius 3 is 1.87 bits per heavy atom. The minimum absolute atomic E-state index is 0.128. The first-order valence-electron chi connectivity index (χ1n) is 21.0. The average Bonchev–Trinajstić information content (AvgIpc) is 4.02. The summed E-state index contributed by atoms with van der Waals surface area (Å²) in [6, 6.07) is 69.9. The van der Waals surface area contributed by atoms with Crippen LogP contribution in [0.3, 0.4) is 0 Å². The molecule has 0 unspecified atom stereocenters. The van der Waals surface area contributed by atoms with E-state index in [1.807, 2.05) is 18.2 Å². The molecule has 0 bridgehead atoms. The van der Waals surface area contributed by atoms with Gasteiger partial charge in [0.1, 0.15) is 22.3 Å². The van der Waals surface area contributed by atoms with Crippen molar-refractivity contribution in [3.8, 4) is 27.9 Å². The second-order valence-corrected chi connectivity index (χ2v) is 16.9. The number of rotatable bonds is 5. The van der Waals surface area contributed by atoms with Gasteiger partial charge in [0.2, 0.25) is 0 Å². The molecular weight excluding hydrogens is 745 g/mol. The highest BCUT2D eigenvalue weighted by molar-refractivity contribution is 6.27. The van der Waals surface area contributed by atoms with E-state index in [-0.39, 0.29) is 5.41 Å². The van der Waals surface area contributed by atoms with Crippen LogP contribution in [-0.4, -0.2) is 4.57 Å². The summed E-state index contributed by atoms with van der Waals surface area (Å²) >= 11 is 0. The SMILES string of the molecule is CC1(C)c2ccccc2-c2ccc(N(c3ccccc3)c3ccc4c5c(-c6ccc7c(c6)oc6ccccc67)c6c(cc5n(-c5ccccc5)c4c3)oc3ccccc36)cc21. The van der Waals surface area contributed by atoms with Crippen LogP contribution in [0, 0.1) is 0 Å². The van der Waals surface area contributed by atoms with E-state index in [0.717, 1.165) is 94.2 Å². The van der Waals surface area contributed by atoms with Gasteiger partial charge in [0.25, 0.3) is 0 Å². The smallest absolute Gasteiger partial charge is 0.138 e. The van der Waals surface area contributed by atoms with Gasteiger partial charge in [0.15, 0.2) is 0 Å². The van der Waals surface area contributed by atoms with Gasteiger partial charge in [0, 0.05) is 72.1 Å². The van der Waals surface area contributed by atoms with Gasteiger partial charge in [-0.05, 0) is 101 Å². The fraction of sp³-hybridized carbons (Fsp3) is 0.0526. The molecule has 61 heavy (non-hydrogen) atoms. The minimum Gasteiger partial charge on any atom is -0.456 e. The van der Waals surface area contributed by atoms with Crippen LogP contribution in [0.2, 0.25) is 0 Å². The van der Waals surface area contributed by atoms with Gasteiger partial charge in [-0.1, -0.05) is 129 Å². The first-order valence-corrected chi connectivity index (χ1v) is 21.0. The highest BCUT2D eigenvalue weighted by Gasteiger charge is 2.36. The molecule has 0 saturated carbocycles. The Balaban J connectivity index is 1.11. The van der Waals surface area contributed by atoms with Crippen molar-refractivity contribution in [3.63, 3.8) is 0 Å². The molecule has 288 valence electrons. The number of furan rings is 2. The lowest BCUT2D eigenvalue weighted by molar-refractivity contribution is 0.660. The molecule has 9 aromatic carbocycles. The molecule has 0 amide bonds. The predicted octanol–water partition coefficient (Wildman–Crippen LogP) is 16.0. The van der Waals surface area contributed by atoms with Gasteiger partial charge in [-0.3, -0.25) is 0 Å². The van der Waals surface area contributed by atoms with Gasteiger partial charge in [-0.2, -0.15) is 0 Å². The summed E-state index contributed by atoms with van der Waals surface area (Å²) in [5.74, 6) is 0. The van der Waals surface area contributed by atoms with Gasteiger partial charge in [-0.15, -0.1) is 0 Å². The summed E-state index contributed by atoms with van der Waals surface area (Å²) in [6.07, 6.45) is 0. The van der Waals surface area contributed by atoms with E-state index in [0.29, 0.717) is 0 Å². The number of hydrogen-bond acceptors (Lipinski definition) is 3. The molecule has 4 nitrogen and oxygen atoms in total. The number of benzene rings is 9. The van der Waals surface area contributed by atoms with Crippen molar-refractivity contribution in [1.82, 2.24) is 4.57 Å². The molecule has 0 radical (unpaired) electrons. The maximum Gasteiger partial charge on any atom is 0.138 e. The van der Waals surface area contributed by atoms with Gasteiger partial charge in [-0.25, -0.2) is 0 Å². The average molecular weight is 783 g/mol. The molecule has 0 fully saturated rings. The molecule has 4 heteroatoms. The van der Waals surface area contributed by atoms with Crippen LogP contribution in [0.5, 0.6) is 0 Å². The molecule has 3 heterocycles. The van der Waals surface area contributed by atoms with Crippen molar-refractivity contribution in [2.24, 2.45) is 0 Å². The second kappa shape index (κ2) is 12.6. The maximum atomic E-state index is 6.75. The zero-order chi connectivity index (χ0) is 40.4. The van der Waals surface area contributed by atoms with E-state index in [4.69, 9.17) is 8.83 Å². The Morgan fingerprint density at radius 1 is 0.410 bits per heavy atom. The van der Waals surface area contributed by atoms with Gasteiger partial charge < -0.3 is 18.3 Å². The Hall–Kier alpha value is -7.82. The molecule has 0 atom stereocenters. The van der Waals surface area contributed by atoms with Crippen molar-refractivity contribution >= 4 is 82.7 Å². The quantitative estimate of drug-likeness (QED) is 0.174. The highest BCUT2D eigenvalue weighted by Crippen LogP contribution is 2.52. The molecule has 12 aromatic rings. The van der Waals surface area contributed by atoms with Crippen LogP contribution in [0.1, 0.15) is 25.0 Å². The van der Waals surface area contributed by atoms with Crippen LogP contribution in [-0.2, 0) is 5.41 Å². The zero-order valence-corrected chi connectivity index (χ0v) is 33.7. The molecular formula is C57H38N2O2. The summed E-state index contributed by atoms with van der Waals surface area (Å²) in [6.45, 7) is 4.70. The van der Waals surface area contributed by atoms with E-state index in [2.05, 4.69) is 199 Å². The summed E-state index contributed by atoms with van der Waals surface area (Å²) in [5.41, 5.74) is 17.5. The molecule has 0 spiro atoms. The van der Waals surface area contributed by atoms with Crippen LogP contribution in [0.4, 0.5) is 17.1 Å². The summed E-state index contributed by atoms with van der Waals surface area (Å²) in [4.78, 5) is 2.40. The molecule has 0 aliphatic heterocycles. The van der Waals surface area contributed by atoms with E-state index in [9.17, 15) is 0 Å². The molecule has 13 rings (SSSR count). The summed E-state index contributed by atoms with van der Waals surface area (Å²) < 4.78 is 15.7. The van der Waals surface area contributed by atoms with Crippen molar-refractivity contribution in [2.75, 3.05) is 4.90 Å². The number of nitrogens with zero attached hydrogens (tertiary/aromatic N) is 2. The lowest BCUT2D eigenvalue weighted by Crippen LogP contribution is -2.16. The standard InChI is InChI=1S/C57H38N2O2/c1-57(2)46-22-12-9-19-40(46)41-29-26-38(32-47(41)57)58(36-15-5-3-6-16-36)39-27-30-44-48(33-39)59(37-17-7-4-8-18-37)49-34-53-56(45-21-11-14-24-51(45)61-53)54(55(44)49)35-25-28-43-42-20-10-13-23-50(42)60-52(43)31-35/h3-34H,1-2H3. The van der Waals surface area contributed by atoms with Gasteiger partial charge >= 0.3 is 0 Å². The number of fused-ring (bicyclic) bond motifs is 12. The third-order valence-corrected chi connectivity index (χ3v) is 13.2. The predicted molar refractivity (Wildman–Crippen MR) is 253 cm³/mol. The second-order valence-electron chi connectivity index (χ2n) is 16.9. The van der Waals surface area contributed by atoms with E-state index < -0.39 is 0 Å². The zero-order valence-electron chi connectivity index (χ0n) is 33.7. The Kier molecular flexibility index (Phi) is 7.04. The summed E-state index contributed by atoms with van der Waals surface area (Å²) in [7, 11) is 0. The van der Waals surface area contributed by atoms with E-state index in [1.165, 1.54) is 27.6 Å². The minimum atomic E-state index is -0.128. The van der Waals surface area contributed by atoms with Crippen LogP contribution in [0.25, 0.3) is 93.6 Å². The lowest BCUT2D eigenvalue weighted by atomic mass is 9.82. The Bertz CT molecular complexity index is 3740. The van der Waals surface area contributed by atoms with Crippen molar-refractivity contribution in [1.29, 1.82) is 0 Å². The number of hydrogen-bond donors (Lipinski definition) is 0. The number of para-hydroxylation sites is 4. The molecule has 0 N–H and O–H groups in total. The third kappa shape index (κ3) is 4.87. The number of aromatic nitrogens is 1. The van der Waals surface area contributed by atoms with Crippen LogP contribution < -0.4 is 4.90 Å². The molecule has 3 aromatic heterocycles. The lowest BCUT2D eigenvalue weighted by Gasteiger charge is -2.28. The molecule has 1 aliphatic rings. The Morgan fingerprint density at radius 2 is 1.03 bits per heavy atom. The van der Waals surface area contributed by atoms with Crippen molar-refractivity contribution in [2.45, 2.75) is 19.3 Å². The fourth-order valence-electron chi connectivity index (χ4n) is 10.4. The topological polar surface area (TPSA) is 34.5 Å².